The van der Waals surface area contributed by atoms with Crippen molar-refractivity contribution in [1.82, 2.24) is 4.98 Å². The van der Waals surface area contributed by atoms with E-state index in [1.165, 1.54) is 12.1 Å². The van der Waals surface area contributed by atoms with Gasteiger partial charge in [-0.1, -0.05) is 12.1 Å². The van der Waals surface area contributed by atoms with Crippen molar-refractivity contribution in [1.29, 1.82) is 0 Å². The van der Waals surface area contributed by atoms with E-state index in [-0.39, 0.29) is 27.4 Å². The monoisotopic (exact) mass is 358 g/mol. The van der Waals surface area contributed by atoms with Gasteiger partial charge in [0, 0.05) is 10.9 Å². The lowest BCUT2D eigenvalue weighted by molar-refractivity contribution is 0.107. The first-order valence-corrected chi connectivity index (χ1v) is 7.28. The van der Waals surface area contributed by atoms with E-state index in [9.17, 15) is 14.3 Å². The Bertz CT molecular complexity index is 991. The average Bonchev–Trinajstić information content (AvgIpc) is 2.97. The van der Waals surface area contributed by atoms with E-state index in [4.69, 9.17) is 0 Å². The first-order valence-electron chi connectivity index (χ1n) is 6.48. The van der Waals surface area contributed by atoms with E-state index in [0.717, 1.165) is 0 Å². The molecule has 2 aromatic carbocycles. The molecular formula is C16H8BrFN2O2. The largest absolute Gasteiger partial charge is 0.494 e. The zero-order valence-corrected chi connectivity index (χ0v) is 12.6. The second kappa shape index (κ2) is 4.51. The number of fused-ring (bicyclic) bond motifs is 2. The highest BCUT2D eigenvalue weighted by Crippen LogP contribution is 2.36. The molecule has 1 aromatic heterocycles. The van der Waals surface area contributed by atoms with E-state index in [0.29, 0.717) is 22.2 Å². The number of para-hydroxylation sites is 1. The van der Waals surface area contributed by atoms with Crippen molar-refractivity contribution in [3.05, 3.63) is 57.8 Å². The molecule has 2 heterocycles. The Hall–Kier alpha value is -2.47. The molecule has 22 heavy (non-hydrogen) atoms. The number of aromatic hydroxyl groups is 1. The van der Waals surface area contributed by atoms with Crippen LogP contribution in [0.2, 0.25) is 0 Å². The number of hydrogen-bond acceptors (Lipinski definition) is 3. The molecule has 0 amide bonds. The molecule has 0 fully saturated rings. The predicted octanol–water partition coefficient (Wildman–Crippen LogP) is 4.09. The molecule has 0 atom stereocenters. The molecule has 0 spiro atoms. The van der Waals surface area contributed by atoms with Crippen LogP contribution in [0.15, 0.2) is 45.9 Å². The number of benzene rings is 2. The minimum absolute atomic E-state index is 0.117. The number of H-pyrrole nitrogens is 1. The number of nitrogens with one attached hydrogen (secondary N) is 1. The molecule has 6 heteroatoms. The molecule has 0 saturated carbocycles. The van der Waals surface area contributed by atoms with Gasteiger partial charge in [-0.2, -0.15) is 0 Å². The third kappa shape index (κ3) is 1.74. The zero-order chi connectivity index (χ0) is 15.4. The Morgan fingerprint density at radius 2 is 2.00 bits per heavy atom. The smallest absolute Gasteiger partial charge is 0.214 e. The van der Waals surface area contributed by atoms with Crippen LogP contribution in [0.4, 0.5) is 10.1 Å². The van der Waals surface area contributed by atoms with E-state index >= 15 is 0 Å². The Labute approximate surface area is 132 Å². The van der Waals surface area contributed by atoms with Gasteiger partial charge in [0.05, 0.1) is 21.2 Å². The van der Waals surface area contributed by atoms with Gasteiger partial charge in [0.25, 0.3) is 0 Å². The SMILES string of the molecule is O=C1C(c2c(O)[nH]c3cc(Br)c(F)cc23)=Nc2ccccc21. The van der Waals surface area contributed by atoms with E-state index in [1.54, 1.807) is 24.3 Å². The lowest BCUT2D eigenvalue weighted by atomic mass is 10.0. The van der Waals surface area contributed by atoms with Crippen molar-refractivity contribution in [3.8, 4) is 5.88 Å². The van der Waals surface area contributed by atoms with Gasteiger partial charge < -0.3 is 10.1 Å². The molecule has 4 rings (SSSR count). The maximum Gasteiger partial charge on any atom is 0.214 e. The van der Waals surface area contributed by atoms with Crippen molar-refractivity contribution in [2.75, 3.05) is 0 Å². The number of aromatic amines is 1. The number of aliphatic imine (C=N–C) groups is 1. The number of nitrogens with zero attached hydrogens (tertiary/aromatic N) is 1. The molecule has 0 saturated heterocycles. The molecular weight excluding hydrogens is 351 g/mol. The summed E-state index contributed by atoms with van der Waals surface area (Å²) >= 11 is 3.09. The van der Waals surface area contributed by atoms with E-state index in [1.807, 2.05) is 0 Å². The number of aromatic nitrogens is 1. The molecule has 4 nitrogen and oxygen atoms in total. The Kier molecular flexibility index (Phi) is 2.71. The fourth-order valence-corrected chi connectivity index (χ4v) is 2.99. The number of carbonyl (C=O) groups is 1. The maximum absolute atomic E-state index is 13.8. The fraction of sp³-hybridized carbons (Fsp3) is 0. The average molecular weight is 359 g/mol. The van der Waals surface area contributed by atoms with Crippen LogP contribution in [0.25, 0.3) is 10.9 Å². The molecule has 108 valence electrons. The summed E-state index contributed by atoms with van der Waals surface area (Å²) in [4.78, 5) is 19.5. The molecule has 0 bridgehead atoms. The summed E-state index contributed by atoms with van der Waals surface area (Å²) in [6.07, 6.45) is 0. The van der Waals surface area contributed by atoms with Gasteiger partial charge in [-0.15, -0.1) is 0 Å². The summed E-state index contributed by atoms with van der Waals surface area (Å²) < 4.78 is 14.1. The summed E-state index contributed by atoms with van der Waals surface area (Å²) in [5.74, 6) is -0.959. The number of carbonyl (C=O) groups excluding carboxylic acids is 1. The van der Waals surface area contributed by atoms with Crippen LogP contribution >= 0.6 is 15.9 Å². The van der Waals surface area contributed by atoms with Crippen molar-refractivity contribution in [2.24, 2.45) is 4.99 Å². The van der Waals surface area contributed by atoms with Gasteiger partial charge in [0.2, 0.25) is 5.78 Å². The van der Waals surface area contributed by atoms with Gasteiger partial charge in [-0.05, 0) is 40.2 Å². The topological polar surface area (TPSA) is 65.4 Å². The van der Waals surface area contributed by atoms with Crippen LogP contribution in [-0.2, 0) is 0 Å². The predicted molar refractivity (Wildman–Crippen MR) is 84.6 cm³/mol. The molecule has 2 N–H and O–H groups in total. The lowest BCUT2D eigenvalue weighted by Crippen LogP contribution is -2.10. The molecule has 1 aliphatic rings. The zero-order valence-electron chi connectivity index (χ0n) is 11.0. The summed E-state index contributed by atoms with van der Waals surface area (Å²) in [6, 6.07) is 9.72. The third-order valence-electron chi connectivity index (χ3n) is 3.65. The quantitative estimate of drug-likeness (QED) is 0.687. The van der Waals surface area contributed by atoms with Crippen molar-refractivity contribution in [2.45, 2.75) is 0 Å². The number of Topliss-reactive ketones (excluding diaryl/α,β-unsaturated/α-hetero) is 1. The van der Waals surface area contributed by atoms with Crippen LogP contribution in [0.1, 0.15) is 15.9 Å². The second-order valence-corrected chi connectivity index (χ2v) is 5.82. The van der Waals surface area contributed by atoms with Crippen LogP contribution in [0.5, 0.6) is 5.88 Å². The second-order valence-electron chi connectivity index (χ2n) is 4.97. The summed E-state index contributed by atoms with van der Waals surface area (Å²) in [7, 11) is 0. The highest BCUT2D eigenvalue weighted by molar-refractivity contribution is 9.10. The van der Waals surface area contributed by atoms with Crippen molar-refractivity contribution >= 4 is 44.0 Å². The molecule has 0 radical (unpaired) electrons. The minimum Gasteiger partial charge on any atom is -0.494 e. The molecule has 0 unspecified atom stereocenters. The summed E-state index contributed by atoms with van der Waals surface area (Å²) in [5, 5.41) is 10.6. The summed E-state index contributed by atoms with van der Waals surface area (Å²) in [6.45, 7) is 0. The first-order chi connectivity index (χ1) is 10.6. The maximum atomic E-state index is 13.8. The van der Waals surface area contributed by atoms with Crippen LogP contribution < -0.4 is 0 Å². The van der Waals surface area contributed by atoms with Gasteiger partial charge in [0.1, 0.15) is 11.5 Å². The first kappa shape index (κ1) is 13.2. The lowest BCUT2D eigenvalue weighted by Gasteiger charge is -2.00. The van der Waals surface area contributed by atoms with Crippen LogP contribution in [-0.4, -0.2) is 21.6 Å². The number of halogens is 2. The number of hydrogen-bond donors (Lipinski definition) is 2. The highest BCUT2D eigenvalue weighted by atomic mass is 79.9. The van der Waals surface area contributed by atoms with Crippen LogP contribution in [0, 0.1) is 5.82 Å². The highest BCUT2D eigenvalue weighted by Gasteiger charge is 2.30. The van der Waals surface area contributed by atoms with Crippen molar-refractivity contribution in [3.63, 3.8) is 0 Å². The van der Waals surface area contributed by atoms with Gasteiger partial charge in [-0.25, -0.2) is 9.38 Å². The standard InChI is InChI=1S/C16H8BrFN2O2/c17-9-6-12-8(5-10(9)18)13(16(22)20-12)14-15(21)7-3-1-2-4-11(7)19-14/h1-6,20,22H. The van der Waals surface area contributed by atoms with E-state index in [2.05, 4.69) is 25.9 Å². The molecule has 3 aromatic rings. The third-order valence-corrected chi connectivity index (χ3v) is 4.26. The Morgan fingerprint density at radius 1 is 1.23 bits per heavy atom. The van der Waals surface area contributed by atoms with Crippen molar-refractivity contribution < 1.29 is 14.3 Å². The fourth-order valence-electron chi connectivity index (χ4n) is 2.65. The van der Waals surface area contributed by atoms with Gasteiger partial charge in [-0.3, -0.25) is 4.79 Å². The normalized spacial score (nSPS) is 13.5. The Balaban J connectivity index is 1.99. The van der Waals surface area contributed by atoms with Gasteiger partial charge in [0.15, 0.2) is 5.88 Å². The minimum atomic E-state index is -0.476. The Morgan fingerprint density at radius 3 is 2.77 bits per heavy atom. The summed E-state index contributed by atoms with van der Waals surface area (Å²) in [5.41, 5.74) is 1.89. The van der Waals surface area contributed by atoms with Gasteiger partial charge >= 0.3 is 0 Å². The van der Waals surface area contributed by atoms with E-state index < -0.39 is 5.82 Å². The van der Waals surface area contributed by atoms with Crippen LogP contribution in [0.3, 0.4) is 0 Å². The molecule has 1 aliphatic heterocycles. The number of rotatable bonds is 1. The molecule has 0 aliphatic carbocycles. The number of ketones is 1.